The van der Waals surface area contributed by atoms with Gasteiger partial charge in [-0.1, -0.05) is 18.5 Å². The first-order valence-corrected chi connectivity index (χ1v) is 5.53. The second-order valence-corrected chi connectivity index (χ2v) is 3.98. The van der Waals surface area contributed by atoms with Gasteiger partial charge in [0.05, 0.1) is 10.7 Å². The van der Waals surface area contributed by atoms with Crippen molar-refractivity contribution >= 4 is 29.0 Å². The Morgan fingerprint density at radius 2 is 2.19 bits per heavy atom. The number of nitrogens with two attached hydrogens (primary N) is 1. The van der Waals surface area contributed by atoms with Gasteiger partial charge in [-0.2, -0.15) is 0 Å². The monoisotopic (exact) mass is 241 g/mol. The summed E-state index contributed by atoms with van der Waals surface area (Å²) in [5.74, 6) is 0. The van der Waals surface area contributed by atoms with E-state index in [1.165, 1.54) is 0 Å². The smallest absolute Gasteiger partial charge is 0.319 e. The number of nitrogens with one attached hydrogen (secondary N) is 2. The first kappa shape index (κ1) is 12.6. The molecule has 0 aliphatic heterocycles. The number of urea groups is 1. The summed E-state index contributed by atoms with van der Waals surface area (Å²) in [5.41, 5.74) is 7.71. The quantitative estimate of drug-likeness (QED) is 0.713. The second-order valence-electron chi connectivity index (χ2n) is 3.57. The summed E-state index contributed by atoms with van der Waals surface area (Å²) in [6.45, 7) is 4.50. The predicted molar refractivity (Wildman–Crippen MR) is 67.9 cm³/mol. The summed E-state index contributed by atoms with van der Waals surface area (Å²) >= 11 is 5.88. The Morgan fingerprint density at radius 3 is 2.81 bits per heavy atom. The van der Waals surface area contributed by atoms with Gasteiger partial charge in [0, 0.05) is 12.2 Å². The van der Waals surface area contributed by atoms with Crippen molar-refractivity contribution in [1.82, 2.24) is 5.32 Å². The maximum absolute atomic E-state index is 11.4. The van der Waals surface area contributed by atoms with E-state index in [4.69, 9.17) is 17.3 Å². The van der Waals surface area contributed by atoms with Crippen molar-refractivity contribution in [2.45, 2.75) is 20.3 Å². The molecule has 0 radical (unpaired) electrons. The number of hydrogen-bond donors (Lipinski definition) is 3. The Morgan fingerprint density at radius 1 is 1.50 bits per heavy atom. The van der Waals surface area contributed by atoms with Gasteiger partial charge in [0.15, 0.2) is 0 Å². The van der Waals surface area contributed by atoms with E-state index >= 15 is 0 Å². The van der Waals surface area contributed by atoms with Crippen LogP contribution in [0.4, 0.5) is 16.2 Å². The average molecular weight is 242 g/mol. The van der Waals surface area contributed by atoms with Gasteiger partial charge in [0.1, 0.15) is 0 Å². The zero-order chi connectivity index (χ0) is 12.1. The normalized spacial score (nSPS) is 9.94. The molecule has 1 rings (SSSR count). The number of amides is 2. The van der Waals surface area contributed by atoms with Crippen molar-refractivity contribution in [3.05, 3.63) is 22.7 Å². The molecule has 0 unspecified atom stereocenters. The molecule has 0 saturated carbocycles. The first-order valence-electron chi connectivity index (χ1n) is 5.15. The number of carbonyl (C=O) groups is 1. The Balaban J connectivity index is 2.73. The predicted octanol–water partition coefficient (Wildman–Crippen LogP) is 2.76. The number of rotatable bonds is 3. The molecule has 2 amide bonds. The highest BCUT2D eigenvalue weighted by atomic mass is 35.5. The largest absolute Gasteiger partial charge is 0.398 e. The molecule has 0 aliphatic carbocycles. The third-order valence-electron chi connectivity index (χ3n) is 2.13. The molecule has 0 atom stereocenters. The number of aryl methyl sites for hydroxylation is 1. The molecule has 88 valence electrons. The Hall–Kier alpha value is -1.42. The third-order valence-corrected chi connectivity index (χ3v) is 2.45. The van der Waals surface area contributed by atoms with Crippen LogP contribution in [-0.2, 0) is 0 Å². The van der Waals surface area contributed by atoms with Crippen LogP contribution < -0.4 is 16.4 Å². The van der Waals surface area contributed by atoms with Crippen molar-refractivity contribution < 1.29 is 4.79 Å². The highest BCUT2D eigenvalue weighted by molar-refractivity contribution is 6.33. The lowest BCUT2D eigenvalue weighted by Crippen LogP contribution is -2.29. The molecule has 4 nitrogen and oxygen atoms in total. The lowest BCUT2D eigenvalue weighted by molar-refractivity contribution is 0.252. The van der Waals surface area contributed by atoms with Crippen LogP contribution >= 0.6 is 11.6 Å². The summed E-state index contributed by atoms with van der Waals surface area (Å²) in [6, 6.07) is 3.15. The highest BCUT2D eigenvalue weighted by Gasteiger charge is 2.06. The molecule has 1 aromatic carbocycles. The van der Waals surface area contributed by atoms with E-state index in [0.717, 1.165) is 12.0 Å². The van der Waals surface area contributed by atoms with Crippen molar-refractivity contribution in [3.8, 4) is 0 Å². The van der Waals surface area contributed by atoms with Crippen LogP contribution in [0.25, 0.3) is 0 Å². The molecule has 0 saturated heterocycles. The molecule has 0 bridgehead atoms. The minimum absolute atomic E-state index is 0.231. The number of nitrogen functional groups attached to an aromatic ring is 1. The number of benzene rings is 1. The molecule has 0 aromatic heterocycles. The van der Waals surface area contributed by atoms with Crippen LogP contribution in [0.5, 0.6) is 0 Å². The summed E-state index contributed by atoms with van der Waals surface area (Å²) in [7, 11) is 0. The number of anilines is 2. The lowest BCUT2D eigenvalue weighted by atomic mass is 10.2. The van der Waals surface area contributed by atoms with E-state index < -0.39 is 0 Å². The SMILES string of the molecule is CCCNC(=O)Nc1cc(Cl)c(N)cc1C. The van der Waals surface area contributed by atoms with Crippen LogP contribution in [0, 0.1) is 6.92 Å². The van der Waals surface area contributed by atoms with Gasteiger partial charge in [0.2, 0.25) is 0 Å². The molecule has 0 heterocycles. The number of hydrogen-bond acceptors (Lipinski definition) is 2. The van der Waals surface area contributed by atoms with E-state index in [1.54, 1.807) is 12.1 Å². The van der Waals surface area contributed by atoms with Crippen LogP contribution in [0.2, 0.25) is 5.02 Å². The molecule has 0 fully saturated rings. The molecular formula is C11H16ClN3O. The maximum atomic E-state index is 11.4. The van der Waals surface area contributed by atoms with Crippen molar-refractivity contribution in [2.24, 2.45) is 0 Å². The van der Waals surface area contributed by atoms with Gasteiger partial charge < -0.3 is 16.4 Å². The van der Waals surface area contributed by atoms with Crippen LogP contribution in [0.1, 0.15) is 18.9 Å². The van der Waals surface area contributed by atoms with Crippen molar-refractivity contribution in [3.63, 3.8) is 0 Å². The average Bonchev–Trinajstić information content (AvgIpc) is 2.23. The number of carbonyl (C=O) groups excluding carboxylic acids is 1. The summed E-state index contributed by atoms with van der Waals surface area (Å²) in [4.78, 5) is 11.4. The van der Waals surface area contributed by atoms with Gasteiger partial charge in [0.25, 0.3) is 0 Å². The molecule has 16 heavy (non-hydrogen) atoms. The van der Waals surface area contributed by atoms with E-state index in [2.05, 4.69) is 10.6 Å². The molecule has 4 N–H and O–H groups in total. The fraction of sp³-hybridized carbons (Fsp3) is 0.364. The van der Waals surface area contributed by atoms with Gasteiger partial charge in [-0.15, -0.1) is 0 Å². The van der Waals surface area contributed by atoms with E-state index in [1.807, 2.05) is 13.8 Å². The van der Waals surface area contributed by atoms with Crippen LogP contribution in [0.15, 0.2) is 12.1 Å². The van der Waals surface area contributed by atoms with Gasteiger partial charge in [-0.3, -0.25) is 0 Å². The standard InChI is InChI=1S/C11H16ClN3O/c1-3-4-14-11(16)15-10-6-8(12)9(13)5-7(10)2/h5-6H,3-4,13H2,1-2H3,(H2,14,15,16). The highest BCUT2D eigenvalue weighted by Crippen LogP contribution is 2.26. The van der Waals surface area contributed by atoms with Gasteiger partial charge in [-0.05, 0) is 31.0 Å². The zero-order valence-corrected chi connectivity index (χ0v) is 10.2. The van der Waals surface area contributed by atoms with Gasteiger partial charge >= 0.3 is 6.03 Å². The fourth-order valence-corrected chi connectivity index (χ4v) is 1.41. The topological polar surface area (TPSA) is 67.2 Å². The minimum atomic E-state index is -0.231. The van der Waals surface area contributed by atoms with E-state index in [9.17, 15) is 4.79 Å². The van der Waals surface area contributed by atoms with Crippen LogP contribution in [-0.4, -0.2) is 12.6 Å². The zero-order valence-electron chi connectivity index (χ0n) is 9.43. The van der Waals surface area contributed by atoms with E-state index in [0.29, 0.717) is 22.9 Å². The summed E-state index contributed by atoms with van der Waals surface area (Å²) < 4.78 is 0. The summed E-state index contributed by atoms with van der Waals surface area (Å²) in [6.07, 6.45) is 0.898. The van der Waals surface area contributed by atoms with Gasteiger partial charge in [-0.25, -0.2) is 4.79 Å². The number of halogens is 1. The molecule has 0 aliphatic rings. The van der Waals surface area contributed by atoms with Crippen molar-refractivity contribution in [2.75, 3.05) is 17.6 Å². The molecule has 1 aromatic rings. The Kier molecular flexibility index (Phi) is 4.43. The molecular weight excluding hydrogens is 226 g/mol. The Bertz CT molecular complexity index is 393. The first-order chi connectivity index (χ1) is 7.54. The molecule has 5 heteroatoms. The third kappa shape index (κ3) is 3.31. The minimum Gasteiger partial charge on any atom is -0.398 e. The summed E-state index contributed by atoms with van der Waals surface area (Å²) in [5, 5.41) is 5.88. The van der Waals surface area contributed by atoms with E-state index in [-0.39, 0.29) is 6.03 Å². The fourth-order valence-electron chi connectivity index (χ4n) is 1.24. The van der Waals surface area contributed by atoms with Crippen LogP contribution in [0.3, 0.4) is 0 Å². The second kappa shape index (κ2) is 5.61. The maximum Gasteiger partial charge on any atom is 0.319 e. The molecule has 0 spiro atoms. The van der Waals surface area contributed by atoms with Crippen molar-refractivity contribution in [1.29, 1.82) is 0 Å². The Labute approximate surface area is 100 Å². The lowest BCUT2D eigenvalue weighted by Gasteiger charge is -2.11.